The van der Waals surface area contributed by atoms with E-state index in [0.29, 0.717) is 22.3 Å². The lowest BCUT2D eigenvalue weighted by Gasteiger charge is -2.14. The van der Waals surface area contributed by atoms with Crippen LogP contribution in [0, 0.1) is 5.82 Å². The zero-order valence-electron chi connectivity index (χ0n) is 23.5. The zero-order chi connectivity index (χ0) is 32.4. The van der Waals surface area contributed by atoms with Crippen molar-refractivity contribution in [1.29, 1.82) is 0 Å². The number of hydrogen-bond acceptors (Lipinski definition) is 6. The number of rotatable bonds is 10. The molecular formula is C29H23Cl3F3N7O3. The van der Waals surface area contributed by atoms with Gasteiger partial charge >= 0.3 is 0 Å². The molecule has 0 saturated heterocycles. The number of ether oxygens (including phenoxy) is 1. The van der Waals surface area contributed by atoms with Crippen molar-refractivity contribution in [2.75, 3.05) is 17.2 Å². The molecule has 16 heteroatoms. The molecule has 234 valence electrons. The van der Waals surface area contributed by atoms with Crippen LogP contribution in [-0.2, 0) is 20.6 Å². The number of nitrogens with zero attached hydrogens (tertiary/aromatic N) is 4. The summed E-state index contributed by atoms with van der Waals surface area (Å²) < 4.78 is 48.2. The van der Waals surface area contributed by atoms with Crippen LogP contribution in [0.4, 0.5) is 30.5 Å². The highest BCUT2D eigenvalue weighted by molar-refractivity contribution is 6.39. The molecule has 0 unspecified atom stereocenters. The molecule has 0 aliphatic heterocycles. The summed E-state index contributed by atoms with van der Waals surface area (Å²) in [7, 11) is 3.34. The van der Waals surface area contributed by atoms with Crippen molar-refractivity contribution in [3.05, 3.63) is 92.7 Å². The van der Waals surface area contributed by atoms with Crippen LogP contribution in [0.3, 0.4) is 0 Å². The van der Waals surface area contributed by atoms with Crippen LogP contribution in [0.1, 0.15) is 26.5 Å². The van der Waals surface area contributed by atoms with E-state index >= 15 is 0 Å². The van der Waals surface area contributed by atoms with E-state index < -0.39 is 30.7 Å². The van der Waals surface area contributed by atoms with Crippen molar-refractivity contribution in [3.8, 4) is 5.75 Å². The van der Waals surface area contributed by atoms with Gasteiger partial charge in [0.1, 0.15) is 18.2 Å². The van der Waals surface area contributed by atoms with Crippen LogP contribution in [-0.4, -0.2) is 43.9 Å². The maximum absolute atomic E-state index is 13.6. The largest absolute Gasteiger partial charge is 0.487 e. The first-order valence-corrected chi connectivity index (χ1v) is 14.2. The van der Waals surface area contributed by atoms with Gasteiger partial charge in [-0.2, -0.15) is 0 Å². The first kappa shape index (κ1) is 31.9. The summed E-state index contributed by atoms with van der Waals surface area (Å²) in [5, 5.41) is 8.66. The predicted molar refractivity (Wildman–Crippen MR) is 166 cm³/mol. The van der Waals surface area contributed by atoms with Gasteiger partial charge < -0.3 is 29.8 Å². The highest BCUT2D eigenvalue weighted by Crippen LogP contribution is 2.37. The van der Waals surface area contributed by atoms with Crippen molar-refractivity contribution in [3.63, 3.8) is 0 Å². The lowest BCUT2D eigenvalue weighted by atomic mass is 10.1. The van der Waals surface area contributed by atoms with Gasteiger partial charge in [-0.05, 0) is 35.9 Å². The van der Waals surface area contributed by atoms with Crippen molar-refractivity contribution >= 4 is 75.0 Å². The monoisotopic (exact) mass is 679 g/mol. The number of aromatic nitrogens is 4. The fraction of sp³-hybridized carbons (Fsp3) is 0.172. The second-order valence-electron chi connectivity index (χ2n) is 9.68. The van der Waals surface area contributed by atoms with Crippen LogP contribution in [0.25, 0.3) is 11.0 Å². The number of carbonyl (C=O) groups excluding carboxylic acids is 2. The molecule has 10 nitrogen and oxygen atoms in total. The molecular weight excluding hydrogens is 658 g/mol. The molecule has 0 spiro atoms. The number of aryl methyl sites for hydroxylation is 2. The number of anilines is 3. The normalized spacial score (nSPS) is 11.2. The standard InChI is InChI=1S/C29H23Cl3F3N7O3/c1-41-8-7-36-26(41)28(44)37-12-14-3-5-17(30)25(24(14)32)40-29-39-20-10-16(22(45-13-23(34)35)11-21(20)42(29)2)27(43)38-15-4-6-19(33)18(31)9-15/h3-11,23H,12-13H2,1-2H3,(H,37,44)(H,38,43)(H,39,40). The Morgan fingerprint density at radius 2 is 1.80 bits per heavy atom. The number of fused-ring (bicyclic) bond motifs is 1. The number of hydrogen-bond donors (Lipinski definition) is 3. The Balaban J connectivity index is 1.45. The second-order valence-corrected chi connectivity index (χ2v) is 10.9. The number of carbonyl (C=O) groups is 2. The Hall–Kier alpha value is -4.46. The summed E-state index contributed by atoms with van der Waals surface area (Å²) in [5.41, 5.74) is 1.64. The van der Waals surface area contributed by atoms with E-state index in [2.05, 4.69) is 25.9 Å². The van der Waals surface area contributed by atoms with Crippen molar-refractivity contribution in [1.82, 2.24) is 24.4 Å². The molecule has 2 aromatic heterocycles. The Morgan fingerprint density at radius 3 is 2.49 bits per heavy atom. The van der Waals surface area contributed by atoms with Gasteiger partial charge in [0.25, 0.3) is 18.2 Å². The van der Waals surface area contributed by atoms with Gasteiger partial charge in [0.15, 0.2) is 5.82 Å². The smallest absolute Gasteiger partial charge is 0.287 e. The van der Waals surface area contributed by atoms with Gasteiger partial charge in [-0.15, -0.1) is 0 Å². The third kappa shape index (κ3) is 6.95. The molecule has 0 saturated carbocycles. The minimum Gasteiger partial charge on any atom is -0.487 e. The summed E-state index contributed by atoms with van der Waals surface area (Å²) in [5.74, 6) is -1.47. The molecule has 5 aromatic rings. The summed E-state index contributed by atoms with van der Waals surface area (Å²) in [4.78, 5) is 34.3. The Labute approximate surface area is 269 Å². The Morgan fingerprint density at radius 1 is 1.02 bits per heavy atom. The van der Waals surface area contributed by atoms with E-state index in [9.17, 15) is 22.8 Å². The zero-order valence-corrected chi connectivity index (χ0v) is 25.7. The average molecular weight is 681 g/mol. The number of imidazole rings is 2. The van der Waals surface area contributed by atoms with Gasteiger partial charge in [0.05, 0.1) is 37.4 Å². The van der Waals surface area contributed by atoms with Gasteiger partial charge in [-0.1, -0.05) is 40.9 Å². The average Bonchev–Trinajstić information content (AvgIpc) is 3.56. The van der Waals surface area contributed by atoms with Gasteiger partial charge in [0.2, 0.25) is 5.95 Å². The van der Waals surface area contributed by atoms with Crippen molar-refractivity contribution < 1.29 is 27.5 Å². The fourth-order valence-corrected chi connectivity index (χ4v) is 5.06. The van der Waals surface area contributed by atoms with E-state index in [4.69, 9.17) is 39.5 Å². The summed E-state index contributed by atoms with van der Waals surface area (Å²) >= 11 is 19.0. The van der Waals surface area contributed by atoms with Crippen LogP contribution < -0.4 is 20.7 Å². The number of halogens is 6. The lowest BCUT2D eigenvalue weighted by Crippen LogP contribution is -2.25. The van der Waals surface area contributed by atoms with Crippen LogP contribution in [0.5, 0.6) is 5.75 Å². The highest BCUT2D eigenvalue weighted by atomic mass is 35.5. The molecule has 3 N–H and O–H groups in total. The molecule has 2 heterocycles. The third-order valence-corrected chi connectivity index (χ3v) is 7.68. The molecule has 3 aromatic carbocycles. The SMILES string of the molecule is Cn1ccnc1C(=O)NCc1ccc(Cl)c(Nc2nc3cc(C(=O)Nc4ccc(F)c(Cl)c4)c(OCC(F)F)cc3n2C)c1Cl. The van der Waals surface area contributed by atoms with Crippen LogP contribution in [0.2, 0.25) is 15.1 Å². The van der Waals surface area contributed by atoms with E-state index in [-0.39, 0.29) is 50.4 Å². The summed E-state index contributed by atoms with van der Waals surface area (Å²) in [6.07, 6.45) is 0.350. The summed E-state index contributed by atoms with van der Waals surface area (Å²) in [6, 6.07) is 9.61. The van der Waals surface area contributed by atoms with E-state index in [1.165, 1.54) is 30.5 Å². The number of amides is 2. The van der Waals surface area contributed by atoms with E-state index in [1.807, 2.05) is 0 Å². The lowest BCUT2D eigenvalue weighted by molar-refractivity contribution is 0.0804. The van der Waals surface area contributed by atoms with Crippen molar-refractivity contribution in [2.45, 2.75) is 13.0 Å². The first-order chi connectivity index (χ1) is 21.4. The van der Waals surface area contributed by atoms with Crippen LogP contribution >= 0.6 is 34.8 Å². The minimum atomic E-state index is -2.80. The highest BCUT2D eigenvalue weighted by Gasteiger charge is 2.21. The maximum Gasteiger partial charge on any atom is 0.287 e. The number of alkyl halides is 2. The molecule has 0 fully saturated rings. The van der Waals surface area contributed by atoms with E-state index in [0.717, 1.165) is 6.07 Å². The Bertz CT molecular complexity index is 1930. The number of nitrogens with one attached hydrogen (secondary N) is 3. The predicted octanol–water partition coefficient (Wildman–Crippen LogP) is 6.98. The van der Waals surface area contributed by atoms with Gasteiger partial charge in [-0.3, -0.25) is 9.59 Å². The van der Waals surface area contributed by atoms with E-state index in [1.54, 1.807) is 41.6 Å². The summed E-state index contributed by atoms with van der Waals surface area (Å²) in [6.45, 7) is -0.896. The third-order valence-electron chi connectivity index (χ3n) is 6.64. The van der Waals surface area contributed by atoms with Gasteiger partial charge in [-0.25, -0.2) is 23.1 Å². The molecule has 5 rings (SSSR count). The Kier molecular flexibility index (Phi) is 9.42. The van der Waals surface area contributed by atoms with Crippen LogP contribution in [0.15, 0.2) is 54.9 Å². The topological polar surface area (TPSA) is 115 Å². The maximum atomic E-state index is 13.6. The first-order valence-electron chi connectivity index (χ1n) is 13.1. The molecule has 0 atom stereocenters. The quantitative estimate of drug-likeness (QED) is 0.147. The molecule has 0 aliphatic carbocycles. The molecule has 2 amide bonds. The molecule has 0 aliphatic rings. The van der Waals surface area contributed by atoms with Crippen molar-refractivity contribution in [2.24, 2.45) is 14.1 Å². The number of benzene rings is 3. The molecule has 0 radical (unpaired) electrons. The molecule has 45 heavy (non-hydrogen) atoms. The second kappa shape index (κ2) is 13.3. The molecule has 0 bridgehead atoms. The minimum absolute atomic E-state index is 0.0709. The van der Waals surface area contributed by atoms with Gasteiger partial charge in [0, 0.05) is 44.8 Å². The fourth-order valence-electron chi connectivity index (χ4n) is 4.35.